The van der Waals surface area contributed by atoms with E-state index in [2.05, 4.69) is 31.3 Å². The first-order valence-electron chi connectivity index (χ1n) is 5.21. The summed E-state index contributed by atoms with van der Waals surface area (Å²) < 4.78 is 15.1. The quantitative estimate of drug-likeness (QED) is 0.880. The van der Waals surface area contributed by atoms with Gasteiger partial charge in [0.2, 0.25) is 5.91 Å². The molecular formula is C11H10BrFN4O. The van der Waals surface area contributed by atoms with Gasteiger partial charge < -0.3 is 5.32 Å². The highest BCUT2D eigenvalue weighted by Crippen LogP contribution is 2.17. The zero-order valence-corrected chi connectivity index (χ0v) is 10.9. The molecule has 0 fully saturated rings. The van der Waals surface area contributed by atoms with E-state index in [-0.39, 0.29) is 11.6 Å². The number of aromatic nitrogens is 3. The van der Waals surface area contributed by atoms with Crippen molar-refractivity contribution in [2.75, 3.05) is 10.6 Å². The lowest BCUT2D eigenvalue weighted by Gasteiger charge is -2.07. The molecule has 1 amide bonds. The lowest BCUT2D eigenvalue weighted by Crippen LogP contribution is -2.12. The first kappa shape index (κ1) is 12.7. The van der Waals surface area contributed by atoms with Crippen molar-refractivity contribution in [2.45, 2.75) is 6.42 Å². The van der Waals surface area contributed by atoms with Crippen LogP contribution in [0.3, 0.4) is 0 Å². The predicted octanol–water partition coefficient (Wildman–Crippen LogP) is 2.13. The van der Waals surface area contributed by atoms with E-state index >= 15 is 0 Å². The molecule has 1 aromatic carbocycles. The smallest absolute Gasteiger partial charge is 0.225 e. The van der Waals surface area contributed by atoms with Crippen molar-refractivity contribution in [1.29, 1.82) is 0 Å². The van der Waals surface area contributed by atoms with Crippen molar-refractivity contribution in [3.8, 4) is 5.69 Å². The van der Waals surface area contributed by atoms with Gasteiger partial charge in [-0.15, -0.1) is 0 Å². The molecule has 0 unspecified atom stereocenters. The maximum Gasteiger partial charge on any atom is 0.225 e. The molecule has 5 nitrogen and oxygen atoms in total. The Balaban J connectivity index is 2.18. The molecule has 0 aliphatic carbocycles. The second kappa shape index (κ2) is 5.72. The van der Waals surface area contributed by atoms with Crippen molar-refractivity contribution in [2.24, 2.45) is 0 Å². The maximum absolute atomic E-state index is 13.8. The predicted molar refractivity (Wildman–Crippen MR) is 68.4 cm³/mol. The van der Waals surface area contributed by atoms with Crippen molar-refractivity contribution in [3.05, 3.63) is 36.7 Å². The van der Waals surface area contributed by atoms with Crippen molar-refractivity contribution in [1.82, 2.24) is 14.8 Å². The van der Waals surface area contributed by atoms with E-state index in [1.165, 1.54) is 29.5 Å². The Morgan fingerprint density at radius 2 is 2.33 bits per heavy atom. The molecule has 0 saturated carbocycles. The Bertz CT molecular complexity index is 544. The lowest BCUT2D eigenvalue weighted by atomic mass is 10.2. The molecular weight excluding hydrogens is 303 g/mol. The summed E-state index contributed by atoms with van der Waals surface area (Å²) in [5, 5.41) is 7.01. The van der Waals surface area contributed by atoms with Gasteiger partial charge in [0.1, 0.15) is 18.3 Å². The van der Waals surface area contributed by atoms with Gasteiger partial charge in [-0.1, -0.05) is 15.9 Å². The number of alkyl halides is 1. The van der Waals surface area contributed by atoms with E-state index in [1.807, 2.05) is 0 Å². The average molecular weight is 313 g/mol. The van der Waals surface area contributed by atoms with Crippen molar-refractivity contribution in [3.63, 3.8) is 0 Å². The second-order valence-corrected chi connectivity index (χ2v) is 4.29. The minimum atomic E-state index is -0.475. The van der Waals surface area contributed by atoms with Crippen LogP contribution < -0.4 is 5.32 Å². The fourth-order valence-corrected chi connectivity index (χ4v) is 1.77. The highest BCUT2D eigenvalue weighted by Gasteiger charge is 2.08. The largest absolute Gasteiger partial charge is 0.326 e. The molecule has 0 atom stereocenters. The number of anilines is 1. The third kappa shape index (κ3) is 2.92. The summed E-state index contributed by atoms with van der Waals surface area (Å²) in [4.78, 5) is 15.1. The lowest BCUT2D eigenvalue weighted by molar-refractivity contribution is -0.115. The highest BCUT2D eigenvalue weighted by atomic mass is 79.9. The van der Waals surface area contributed by atoms with Crippen LogP contribution in [0.1, 0.15) is 6.42 Å². The third-order valence-electron chi connectivity index (χ3n) is 2.22. The van der Waals surface area contributed by atoms with Crippen LogP contribution in [-0.4, -0.2) is 26.0 Å². The van der Waals surface area contributed by atoms with E-state index in [0.29, 0.717) is 17.4 Å². The van der Waals surface area contributed by atoms with Crippen LogP contribution in [0.15, 0.2) is 30.9 Å². The minimum Gasteiger partial charge on any atom is -0.326 e. The number of amides is 1. The summed E-state index contributed by atoms with van der Waals surface area (Å²) in [5.41, 5.74) is 0.702. The average Bonchev–Trinajstić information content (AvgIpc) is 2.82. The molecule has 94 valence electrons. The maximum atomic E-state index is 13.8. The molecule has 1 N–H and O–H groups in total. The molecule has 0 spiro atoms. The molecule has 0 aliphatic rings. The minimum absolute atomic E-state index is 0.167. The van der Waals surface area contributed by atoms with Crippen molar-refractivity contribution < 1.29 is 9.18 Å². The number of benzene rings is 1. The zero-order valence-electron chi connectivity index (χ0n) is 9.31. The summed E-state index contributed by atoms with van der Waals surface area (Å²) in [5.74, 6) is -0.642. The second-order valence-electron chi connectivity index (χ2n) is 3.49. The molecule has 18 heavy (non-hydrogen) atoms. The Morgan fingerprint density at radius 3 is 2.94 bits per heavy atom. The Hall–Kier alpha value is -1.76. The normalized spacial score (nSPS) is 10.3. The number of hydrogen-bond acceptors (Lipinski definition) is 3. The van der Waals surface area contributed by atoms with Gasteiger partial charge in [-0.2, -0.15) is 5.10 Å². The summed E-state index contributed by atoms with van der Waals surface area (Å²) in [6, 6.07) is 4.41. The molecule has 0 aliphatic heterocycles. The van der Waals surface area contributed by atoms with Gasteiger partial charge in [0.25, 0.3) is 0 Å². The van der Waals surface area contributed by atoms with Crippen LogP contribution in [0, 0.1) is 5.82 Å². The standard InChI is InChI=1S/C11H10BrFN4O/c12-4-3-11(18)16-8-1-2-10(9(13)5-8)17-7-14-6-15-17/h1-2,5-7H,3-4H2,(H,16,18). The van der Waals surface area contributed by atoms with Crippen LogP contribution in [-0.2, 0) is 4.79 Å². The van der Waals surface area contributed by atoms with Gasteiger partial charge in [0.05, 0.1) is 0 Å². The van der Waals surface area contributed by atoms with E-state index in [0.717, 1.165) is 0 Å². The highest BCUT2D eigenvalue weighted by molar-refractivity contribution is 9.09. The molecule has 7 heteroatoms. The Morgan fingerprint density at radius 1 is 1.50 bits per heavy atom. The number of hydrogen-bond donors (Lipinski definition) is 1. The van der Waals surface area contributed by atoms with Gasteiger partial charge in [-0.05, 0) is 18.2 Å². The van der Waals surface area contributed by atoms with Gasteiger partial charge in [0, 0.05) is 17.4 Å². The topological polar surface area (TPSA) is 59.8 Å². The number of halogens is 2. The summed E-state index contributed by atoms with van der Waals surface area (Å²) >= 11 is 3.16. The summed E-state index contributed by atoms with van der Waals surface area (Å²) in [6.07, 6.45) is 3.07. The molecule has 0 radical (unpaired) electrons. The fraction of sp³-hybridized carbons (Fsp3) is 0.182. The van der Waals surface area contributed by atoms with Crippen molar-refractivity contribution >= 4 is 27.5 Å². The van der Waals surface area contributed by atoms with Crippen LogP contribution in [0.2, 0.25) is 0 Å². The van der Waals surface area contributed by atoms with E-state index in [9.17, 15) is 9.18 Å². The first-order valence-corrected chi connectivity index (χ1v) is 6.33. The molecule has 1 aromatic heterocycles. The van der Waals surface area contributed by atoms with Gasteiger partial charge in [-0.3, -0.25) is 4.79 Å². The monoisotopic (exact) mass is 312 g/mol. The fourth-order valence-electron chi connectivity index (χ4n) is 1.41. The van der Waals surface area contributed by atoms with Gasteiger partial charge in [-0.25, -0.2) is 14.1 Å². The zero-order chi connectivity index (χ0) is 13.0. The van der Waals surface area contributed by atoms with Gasteiger partial charge >= 0.3 is 0 Å². The van der Waals surface area contributed by atoms with Gasteiger partial charge in [0.15, 0.2) is 5.82 Å². The Labute approximate surface area is 111 Å². The van der Waals surface area contributed by atoms with Crippen LogP contribution >= 0.6 is 15.9 Å². The van der Waals surface area contributed by atoms with Crippen LogP contribution in [0.25, 0.3) is 5.69 Å². The first-order chi connectivity index (χ1) is 8.70. The van der Waals surface area contributed by atoms with E-state index in [4.69, 9.17) is 0 Å². The Kier molecular flexibility index (Phi) is 4.03. The summed E-state index contributed by atoms with van der Waals surface area (Å²) in [6.45, 7) is 0. The number of carbonyl (C=O) groups is 1. The number of nitrogens with zero attached hydrogens (tertiary/aromatic N) is 3. The van der Waals surface area contributed by atoms with E-state index < -0.39 is 5.82 Å². The van der Waals surface area contributed by atoms with E-state index in [1.54, 1.807) is 6.07 Å². The molecule has 0 saturated heterocycles. The molecule has 2 aromatic rings. The van der Waals surface area contributed by atoms with Crippen LogP contribution in [0.5, 0.6) is 0 Å². The SMILES string of the molecule is O=C(CCBr)Nc1ccc(-n2cncn2)c(F)c1. The summed E-state index contributed by atoms with van der Waals surface area (Å²) in [7, 11) is 0. The number of nitrogens with one attached hydrogen (secondary N) is 1. The number of rotatable bonds is 4. The third-order valence-corrected chi connectivity index (χ3v) is 2.62. The molecule has 0 bridgehead atoms. The molecule has 2 rings (SSSR count). The molecule has 1 heterocycles. The van der Waals surface area contributed by atoms with Crippen LogP contribution in [0.4, 0.5) is 10.1 Å². The number of carbonyl (C=O) groups excluding carboxylic acids is 1.